The van der Waals surface area contributed by atoms with Crippen LogP contribution in [0.25, 0.3) is 11.5 Å². The molecule has 5 nitrogen and oxygen atoms in total. The van der Waals surface area contributed by atoms with E-state index in [1.165, 1.54) is 17.0 Å². The van der Waals surface area contributed by atoms with Crippen LogP contribution in [0, 0.1) is 0 Å². The maximum Gasteiger partial charge on any atom is 0.416 e. The number of alkyl halides is 3. The molecule has 0 saturated carbocycles. The molecule has 1 amide bonds. The van der Waals surface area contributed by atoms with Crippen LogP contribution in [0.2, 0.25) is 0 Å². The molecule has 0 saturated heterocycles. The summed E-state index contributed by atoms with van der Waals surface area (Å²) in [6.45, 7) is 0.218. The van der Waals surface area contributed by atoms with Crippen LogP contribution in [0.3, 0.4) is 0 Å². The maximum absolute atomic E-state index is 12.6. The average Bonchev–Trinajstić information content (AvgIpc) is 3.15. The standard InChI is InChI=1S/C20H18F3N3O2/c1-26(13-14-7-9-16(10-8-14)20(21,22)23)18(27)12-11-17-24-25-19(28-17)15-5-3-2-4-6-15/h2-10H,11-13H2,1H3. The van der Waals surface area contributed by atoms with Crippen molar-refractivity contribution in [3.63, 3.8) is 0 Å². The van der Waals surface area contributed by atoms with Crippen LogP contribution in [0.4, 0.5) is 13.2 Å². The fourth-order valence-corrected chi connectivity index (χ4v) is 2.62. The SMILES string of the molecule is CN(Cc1ccc(C(F)(F)F)cc1)C(=O)CCc1nnc(-c2ccccc2)o1. The highest BCUT2D eigenvalue weighted by atomic mass is 19.4. The number of hydrogen-bond acceptors (Lipinski definition) is 4. The summed E-state index contributed by atoms with van der Waals surface area (Å²) in [4.78, 5) is 13.7. The van der Waals surface area contributed by atoms with Gasteiger partial charge in [0.05, 0.1) is 5.56 Å². The Labute approximate surface area is 159 Å². The van der Waals surface area contributed by atoms with Gasteiger partial charge < -0.3 is 9.32 Å². The molecule has 3 rings (SSSR count). The average molecular weight is 389 g/mol. The molecule has 0 aliphatic heterocycles. The largest absolute Gasteiger partial charge is 0.421 e. The van der Waals surface area contributed by atoms with Crippen molar-refractivity contribution in [2.24, 2.45) is 0 Å². The second-order valence-corrected chi connectivity index (χ2v) is 6.31. The van der Waals surface area contributed by atoms with E-state index in [1.54, 1.807) is 7.05 Å². The summed E-state index contributed by atoms with van der Waals surface area (Å²) in [6.07, 6.45) is -3.92. The minimum Gasteiger partial charge on any atom is -0.421 e. The lowest BCUT2D eigenvalue weighted by molar-refractivity contribution is -0.137. The van der Waals surface area contributed by atoms with Crippen molar-refractivity contribution in [1.29, 1.82) is 0 Å². The molecule has 0 atom stereocenters. The smallest absolute Gasteiger partial charge is 0.416 e. The number of carbonyl (C=O) groups is 1. The highest BCUT2D eigenvalue weighted by molar-refractivity contribution is 5.76. The number of halogens is 3. The number of rotatable bonds is 6. The number of benzene rings is 2. The fourth-order valence-electron chi connectivity index (χ4n) is 2.62. The van der Waals surface area contributed by atoms with Crippen molar-refractivity contribution in [1.82, 2.24) is 15.1 Å². The first-order valence-electron chi connectivity index (χ1n) is 8.61. The number of aromatic nitrogens is 2. The van der Waals surface area contributed by atoms with Gasteiger partial charge >= 0.3 is 6.18 Å². The molecule has 2 aromatic carbocycles. The van der Waals surface area contributed by atoms with Crippen molar-refractivity contribution in [2.75, 3.05) is 7.05 Å². The molecule has 0 fully saturated rings. The van der Waals surface area contributed by atoms with Crippen LogP contribution in [0.1, 0.15) is 23.4 Å². The Morgan fingerprint density at radius 2 is 1.71 bits per heavy atom. The Morgan fingerprint density at radius 1 is 1.04 bits per heavy atom. The highest BCUT2D eigenvalue weighted by Crippen LogP contribution is 2.29. The number of nitrogens with zero attached hydrogens (tertiary/aromatic N) is 3. The summed E-state index contributed by atoms with van der Waals surface area (Å²) in [5.41, 5.74) is 0.704. The number of amides is 1. The monoisotopic (exact) mass is 389 g/mol. The van der Waals surface area contributed by atoms with Gasteiger partial charge in [0.1, 0.15) is 0 Å². The third-order valence-electron chi connectivity index (χ3n) is 4.17. The topological polar surface area (TPSA) is 59.2 Å². The number of hydrogen-bond donors (Lipinski definition) is 0. The van der Waals surface area contributed by atoms with E-state index in [0.717, 1.165) is 17.7 Å². The lowest BCUT2D eigenvalue weighted by Gasteiger charge is -2.17. The molecule has 0 spiro atoms. The van der Waals surface area contributed by atoms with E-state index < -0.39 is 11.7 Å². The number of carbonyl (C=O) groups excluding carboxylic acids is 1. The molecule has 146 valence electrons. The van der Waals surface area contributed by atoms with Crippen LogP contribution in [-0.4, -0.2) is 28.1 Å². The molecule has 0 unspecified atom stereocenters. The molecular formula is C20H18F3N3O2. The van der Waals surface area contributed by atoms with Gasteiger partial charge in [0, 0.05) is 32.0 Å². The highest BCUT2D eigenvalue weighted by Gasteiger charge is 2.30. The minimum atomic E-state index is -4.37. The van der Waals surface area contributed by atoms with E-state index in [1.807, 2.05) is 30.3 Å². The summed E-state index contributed by atoms with van der Waals surface area (Å²) in [5, 5.41) is 7.92. The second kappa shape index (κ2) is 8.24. The molecule has 1 heterocycles. The Balaban J connectivity index is 1.53. The van der Waals surface area contributed by atoms with E-state index in [9.17, 15) is 18.0 Å². The van der Waals surface area contributed by atoms with Crippen molar-refractivity contribution >= 4 is 5.91 Å². The van der Waals surface area contributed by atoms with Gasteiger partial charge in [-0.1, -0.05) is 30.3 Å². The second-order valence-electron chi connectivity index (χ2n) is 6.31. The van der Waals surface area contributed by atoms with E-state index in [4.69, 9.17) is 4.42 Å². The first-order valence-corrected chi connectivity index (χ1v) is 8.61. The van der Waals surface area contributed by atoms with Gasteiger partial charge in [0.25, 0.3) is 0 Å². The normalized spacial score (nSPS) is 11.4. The molecule has 3 aromatic rings. The quantitative estimate of drug-likeness (QED) is 0.629. The van der Waals surface area contributed by atoms with Crippen LogP contribution in [0.5, 0.6) is 0 Å². The minimum absolute atomic E-state index is 0.160. The zero-order chi connectivity index (χ0) is 20.1. The Hall–Kier alpha value is -3.16. The molecule has 0 radical (unpaired) electrons. The molecule has 0 aliphatic rings. The van der Waals surface area contributed by atoms with Gasteiger partial charge in [-0.15, -0.1) is 10.2 Å². The van der Waals surface area contributed by atoms with Crippen molar-refractivity contribution in [3.05, 3.63) is 71.6 Å². The lowest BCUT2D eigenvalue weighted by Crippen LogP contribution is -2.26. The molecular weight excluding hydrogens is 371 g/mol. The lowest BCUT2D eigenvalue weighted by atomic mass is 10.1. The third-order valence-corrected chi connectivity index (χ3v) is 4.17. The summed E-state index contributed by atoms with van der Waals surface area (Å²) in [7, 11) is 1.60. The van der Waals surface area contributed by atoms with Crippen molar-refractivity contribution in [2.45, 2.75) is 25.6 Å². The summed E-state index contributed by atoms with van der Waals surface area (Å²) >= 11 is 0. The summed E-state index contributed by atoms with van der Waals surface area (Å²) in [5.74, 6) is 0.579. The Morgan fingerprint density at radius 3 is 2.36 bits per heavy atom. The molecule has 0 bridgehead atoms. The molecule has 0 N–H and O–H groups in total. The van der Waals surface area contributed by atoms with Crippen LogP contribution >= 0.6 is 0 Å². The van der Waals surface area contributed by atoms with Crippen LogP contribution in [-0.2, 0) is 23.9 Å². The Kier molecular flexibility index (Phi) is 5.77. The fraction of sp³-hybridized carbons (Fsp3) is 0.250. The molecule has 28 heavy (non-hydrogen) atoms. The van der Waals surface area contributed by atoms with Crippen molar-refractivity contribution in [3.8, 4) is 11.5 Å². The zero-order valence-corrected chi connectivity index (χ0v) is 15.1. The molecule has 0 aliphatic carbocycles. The predicted molar refractivity (Wildman–Crippen MR) is 96.0 cm³/mol. The van der Waals surface area contributed by atoms with E-state index in [2.05, 4.69) is 10.2 Å². The van der Waals surface area contributed by atoms with Crippen LogP contribution in [0.15, 0.2) is 59.0 Å². The van der Waals surface area contributed by atoms with Gasteiger partial charge in [-0.25, -0.2) is 0 Å². The van der Waals surface area contributed by atoms with E-state index in [0.29, 0.717) is 17.3 Å². The van der Waals surface area contributed by atoms with Gasteiger partial charge in [0.2, 0.25) is 17.7 Å². The molecule has 1 aromatic heterocycles. The van der Waals surface area contributed by atoms with E-state index >= 15 is 0 Å². The van der Waals surface area contributed by atoms with Crippen molar-refractivity contribution < 1.29 is 22.4 Å². The van der Waals surface area contributed by atoms with Crippen LogP contribution < -0.4 is 0 Å². The zero-order valence-electron chi connectivity index (χ0n) is 15.1. The van der Waals surface area contributed by atoms with E-state index in [-0.39, 0.29) is 25.3 Å². The first-order chi connectivity index (χ1) is 13.3. The first kappa shape index (κ1) is 19.6. The third kappa shape index (κ3) is 4.97. The molecule has 8 heteroatoms. The van der Waals surface area contributed by atoms with Gasteiger partial charge in [-0.05, 0) is 29.8 Å². The van der Waals surface area contributed by atoms with Gasteiger partial charge in [-0.3, -0.25) is 4.79 Å². The van der Waals surface area contributed by atoms with Gasteiger partial charge in [-0.2, -0.15) is 13.2 Å². The van der Waals surface area contributed by atoms with Gasteiger partial charge in [0.15, 0.2) is 0 Å². The summed E-state index contributed by atoms with van der Waals surface area (Å²) < 4.78 is 43.4. The number of aryl methyl sites for hydroxylation is 1. The summed E-state index contributed by atoms with van der Waals surface area (Å²) in [6, 6.07) is 14.1. The Bertz CT molecular complexity index is 922. The maximum atomic E-state index is 12.6. The predicted octanol–water partition coefficient (Wildman–Crippen LogP) is 4.35.